The zero-order valence-electron chi connectivity index (χ0n) is 12.5. The number of nitrogens with zero attached hydrogens (tertiary/aromatic N) is 3. The molecule has 0 radical (unpaired) electrons. The summed E-state index contributed by atoms with van der Waals surface area (Å²) in [5.74, 6) is 1.34. The Labute approximate surface area is 123 Å². The van der Waals surface area contributed by atoms with E-state index < -0.39 is 0 Å². The van der Waals surface area contributed by atoms with Crippen LogP contribution >= 0.6 is 0 Å². The fraction of sp³-hybridized carbons (Fsp3) is 0.312. The third-order valence-corrected chi connectivity index (χ3v) is 3.48. The standard InChI is InChI=1S/C16H18N4O/c1-4-11-5-7-12(8-6-11)9-13-16(21-3)20-15-14(19-13)17-10(2)18-15/h5-8H,4,9H2,1-3H3,(H,17,18,19,20). The van der Waals surface area contributed by atoms with Gasteiger partial charge in [0.1, 0.15) is 11.5 Å². The molecule has 2 aromatic heterocycles. The Balaban J connectivity index is 1.97. The van der Waals surface area contributed by atoms with Crippen LogP contribution in [0.4, 0.5) is 0 Å². The average Bonchev–Trinajstić information content (AvgIpc) is 2.86. The number of imidazole rings is 1. The van der Waals surface area contributed by atoms with E-state index >= 15 is 0 Å². The highest BCUT2D eigenvalue weighted by Gasteiger charge is 2.12. The van der Waals surface area contributed by atoms with Crippen LogP contribution in [0.1, 0.15) is 29.6 Å². The van der Waals surface area contributed by atoms with Crippen LogP contribution in [-0.2, 0) is 12.8 Å². The van der Waals surface area contributed by atoms with Crippen LogP contribution < -0.4 is 4.74 Å². The number of hydrogen-bond donors (Lipinski definition) is 1. The Hall–Kier alpha value is -2.43. The number of nitrogens with one attached hydrogen (secondary N) is 1. The molecule has 0 bridgehead atoms. The summed E-state index contributed by atoms with van der Waals surface area (Å²) in [5.41, 5.74) is 4.63. The predicted octanol–water partition coefficient (Wildman–Crippen LogP) is 2.82. The second kappa shape index (κ2) is 5.52. The first-order valence-electron chi connectivity index (χ1n) is 7.04. The van der Waals surface area contributed by atoms with Crippen LogP contribution in [-0.4, -0.2) is 27.0 Å². The summed E-state index contributed by atoms with van der Waals surface area (Å²) < 4.78 is 5.35. The minimum atomic E-state index is 0.536. The zero-order chi connectivity index (χ0) is 14.8. The van der Waals surface area contributed by atoms with E-state index in [1.807, 2.05) is 6.92 Å². The fourth-order valence-corrected chi connectivity index (χ4v) is 2.33. The number of aryl methyl sites for hydroxylation is 2. The number of benzene rings is 1. The van der Waals surface area contributed by atoms with Crippen LogP contribution in [0.15, 0.2) is 24.3 Å². The molecule has 5 heteroatoms. The number of hydrogen-bond acceptors (Lipinski definition) is 4. The van der Waals surface area contributed by atoms with Gasteiger partial charge in [0.05, 0.1) is 7.11 Å². The van der Waals surface area contributed by atoms with Gasteiger partial charge in [0, 0.05) is 6.42 Å². The molecule has 0 aliphatic carbocycles. The van der Waals surface area contributed by atoms with Crippen molar-refractivity contribution in [2.24, 2.45) is 0 Å². The molecular formula is C16H18N4O. The monoisotopic (exact) mass is 282 g/mol. The zero-order valence-corrected chi connectivity index (χ0v) is 12.5. The average molecular weight is 282 g/mol. The summed E-state index contributed by atoms with van der Waals surface area (Å²) in [6, 6.07) is 8.55. The van der Waals surface area contributed by atoms with E-state index in [4.69, 9.17) is 4.74 Å². The van der Waals surface area contributed by atoms with Gasteiger partial charge in [-0.15, -0.1) is 0 Å². The molecular weight excluding hydrogens is 264 g/mol. The molecule has 1 N–H and O–H groups in total. The van der Waals surface area contributed by atoms with Crippen LogP contribution in [0.25, 0.3) is 11.3 Å². The highest BCUT2D eigenvalue weighted by molar-refractivity contribution is 5.66. The summed E-state index contributed by atoms with van der Waals surface area (Å²) in [6.07, 6.45) is 1.73. The fourth-order valence-electron chi connectivity index (χ4n) is 2.33. The molecule has 21 heavy (non-hydrogen) atoms. The first-order valence-corrected chi connectivity index (χ1v) is 7.04. The van der Waals surface area contributed by atoms with Crippen molar-refractivity contribution < 1.29 is 4.74 Å². The van der Waals surface area contributed by atoms with Gasteiger partial charge in [0.25, 0.3) is 0 Å². The number of aromatic nitrogens is 4. The molecule has 2 heterocycles. The van der Waals surface area contributed by atoms with Gasteiger partial charge in [-0.2, -0.15) is 4.98 Å². The van der Waals surface area contributed by atoms with Crippen molar-refractivity contribution in [2.45, 2.75) is 26.7 Å². The molecule has 0 fully saturated rings. The number of fused-ring (bicyclic) bond motifs is 1. The lowest BCUT2D eigenvalue weighted by Crippen LogP contribution is -2.01. The maximum atomic E-state index is 5.35. The van der Waals surface area contributed by atoms with Gasteiger partial charge in [0.15, 0.2) is 5.65 Å². The number of ether oxygens (including phenoxy) is 1. The van der Waals surface area contributed by atoms with Crippen molar-refractivity contribution in [3.63, 3.8) is 0 Å². The maximum Gasteiger partial charge on any atom is 0.237 e. The summed E-state index contributed by atoms with van der Waals surface area (Å²) in [7, 11) is 1.61. The molecule has 108 valence electrons. The van der Waals surface area contributed by atoms with Gasteiger partial charge >= 0.3 is 0 Å². The predicted molar refractivity (Wildman–Crippen MR) is 81.6 cm³/mol. The van der Waals surface area contributed by atoms with E-state index in [2.05, 4.69) is 51.1 Å². The molecule has 1 aromatic carbocycles. The molecule has 0 saturated carbocycles. The SMILES string of the molecule is CCc1ccc(Cc2nc3[nH]c(C)nc3nc2OC)cc1. The lowest BCUT2D eigenvalue weighted by atomic mass is 10.1. The van der Waals surface area contributed by atoms with Gasteiger partial charge < -0.3 is 9.72 Å². The van der Waals surface area contributed by atoms with Crippen molar-refractivity contribution in [1.82, 2.24) is 19.9 Å². The van der Waals surface area contributed by atoms with Crippen molar-refractivity contribution >= 4 is 11.3 Å². The van der Waals surface area contributed by atoms with Gasteiger partial charge in [0.2, 0.25) is 11.5 Å². The molecule has 0 amide bonds. The van der Waals surface area contributed by atoms with E-state index in [-0.39, 0.29) is 0 Å². The summed E-state index contributed by atoms with van der Waals surface area (Å²) in [4.78, 5) is 16.4. The van der Waals surface area contributed by atoms with Crippen LogP contribution in [0.5, 0.6) is 5.88 Å². The van der Waals surface area contributed by atoms with E-state index in [0.717, 1.165) is 17.9 Å². The first-order chi connectivity index (χ1) is 10.2. The Bertz CT molecular complexity index is 762. The molecule has 0 unspecified atom stereocenters. The first kappa shape index (κ1) is 13.5. The van der Waals surface area contributed by atoms with Gasteiger partial charge in [-0.1, -0.05) is 31.2 Å². The van der Waals surface area contributed by atoms with E-state index in [9.17, 15) is 0 Å². The van der Waals surface area contributed by atoms with E-state index in [1.54, 1.807) is 7.11 Å². The van der Waals surface area contributed by atoms with Crippen LogP contribution in [0.3, 0.4) is 0 Å². The van der Waals surface area contributed by atoms with E-state index in [0.29, 0.717) is 23.6 Å². The lowest BCUT2D eigenvalue weighted by Gasteiger charge is -2.07. The summed E-state index contributed by atoms with van der Waals surface area (Å²) in [6.45, 7) is 4.04. The molecule has 3 rings (SSSR count). The van der Waals surface area contributed by atoms with Gasteiger partial charge in [-0.05, 0) is 24.5 Å². The van der Waals surface area contributed by atoms with Gasteiger partial charge in [-0.25, -0.2) is 9.97 Å². The molecule has 0 saturated heterocycles. The van der Waals surface area contributed by atoms with Crippen molar-refractivity contribution in [3.05, 3.63) is 46.9 Å². The Morgan fingerprint density at radius 1 is 1.05 bits per heavy atom. The van der Waals surface area contributed by atoms with E-state index in [1.165, 1.54) is 11.1 Å². The quantitative estimate of drug-likeness (QED) is 0.799. The highest BCUT2D eigenvalue weighted by atomic mass is 16.5. The summed E-state index contributed by atoms with van der Waals surface area (Å²) in [5, 5.41) is 0. The maximum absolute atomic E-state index is 5.35. The third-order valence-electron chi connectivity index (χ3n) is 3.48. The smallest absolute Gasteiger partial charge is 0.237 e. The number of methoxy groups -OCH3 is 1. The minimum absolute atomic E-state index is 0.536. The molecule has 0 aliphatic rings. The van der Waals surface area contributed by atoms with Crippen molar-refractivity contribution in [2.75, 3.05) is 7.11 Å². The molecule has 0 atom stereocenters. The normalized spacial score (nSPS) is 11.0. The summed E-state index contributed by atoms with van der Waals surface area (Å²) >= 11 is 0. The molecule has 0 spiro atoms. The highest BCUT2D eigenvalue weighted by Crippen LogP contribution is 2.20. The Morgan fingerprint density at radius 3 is 2.43 bits per heavy atom. The topological polar surface area (TPSA) is 63.7 Å². The third kappa shape index (κ3) is 2.72. The number of rotatable bonds is 4. The molecule has 3 aromatic rings. The number of H-pyrrole nitrogens is 1. The van der Waals surface area contributed by atoms with Crippen molar-refractivity contribution in [1.29, 1.82) is 0 Å². The largest absolute Gasteiger partial charge is 0.480 e. The van der Waals surface area contributed by atoms with Gasteiger partial charge in [-0.3, -0.25) is 0 Å². The Morgan fingerprint density at radius 2 is 1.76 bits per heavy atom. The number of aromatic amines is 1. The van der Waals surface area contributed by atoms with Crippen molar-refractivity contribution in [3.8, 4) is 5.88 Å². The van der Waals surface area contributed by atoms with Crippen LogP contribution in [0.2, 0.25) is 0 Å². The van der Waals surface area contributed by atoms with Crippen LogP contribution in [0, 0.1) is 6.92 Å². The second-order valence-electron chi connectivity index (χ2n) is 5.02. The molecule has 0 aliphatic heterocycles. The minimum Gasteiger partial charge on any atom is -0.480 e. The molecule has 5 nitrogen and oxygen atoms in total. The second-order valence-corrected chi connectivity index (χ2v) is 5.02. The lowest BCUT2D eigenvalue weighted by molar-refractivity contribution is 0.392. The Kier molecular flexibility index (Phi) is 3.56.